The van der Waals surface area contributed by atoms with Gasteiger partial charge < -0.3 is 18.8 Å². The Kier molecular flexibility index (Phi) is 4.44. The number of hydrogen-bond donors (Lipinski definition) is 0. The molecular formula is C19H20N2O3. The summed E-state index contributed by atoms with van der Waals surface area (Å²) in [6, 6.07) is 18.6. The zero-order chi connectivity index (χ0) is 16.2. The number of nitrogens with zero attached hydrogens (tertiary/aromatic N) is 2. The highest BCUT2D eigenvalue weighted by Crippen LogP contribution is 2.23. The fraction of sp³-hybridized carbons (Fsp3) is 0.316. The molecule has 1 atom stereocenters. The highest BCUT2D eigenvalue weighted by Gasteiger charge is 2.23. The van der Waals surface area contributed by atoms with E-state index in [1.54, 1.807) is 0 Å². The van der Waals surface area contributed by atoms with Gasteiger partial charge in [0.1, 0.15) is 5.52 Å². The smallest absolute Gasteiger partial charge is 0.298 e. The topological polar surface area (TPSA) is 47.7 Å². The molecule has 4 rings (SSSR count). The van der Waals surface area contributed by atoms with Crippen LogP contribution in [0.25, 0.3) is 11.1 Å². The predicted molar refractivity (Wildman–Crippen MR) is 92.1 cm³/mol. The Morgan fingerprint density at radius 2 is 1.92 bits per heavy atom. The number of ether oxygens (including phenoxy) is 2. The van der Waals surface area contributed by atoms with E-state index in [0.717, 1.165) is 23.2 Å². The molecule has 0 saturated carbocycles. The molecule has 0 bridgehead atoms. The largest absolute Gasteiger partial charge is 0.423 e. The summed E-state index contributed by atoms with van der Waals surface area (Å²) in [5.74, 6) is 0. The second-order valence-electron chi connectivity index (χ2n) is 5.90. The number of oxazole rings is 1. The molecule has 0 N–H and O–H groups in total. The third kappa shape index (κ3) is 3.42. The van der Waals surface area contributed by atoms with Gasteiger partial charge in [0.15, 0.2) is 5.58 Å². The summed E-state index contributed by atoms with van der Waals surface area (Å²) in [6.07, 6.45) is -0.0114. The minimum Gasteiger partial charge on any atom is -0.423 e. The molecule has 5 heteroatoms. The first-order valence-corrected chi connectivity index (χ1v) is 8.22. The number of benzene rings is 2. The fourth-order valence-electron chi connectivity index (χ4n) is 2.84. The normalized spacial score (nSPS) is 18.7. The summed E-state index contributed by atoms with van der Waals surface area (Å²) in [5.41, 5.74) is 2.84. The van der Waals surface area contributed by atoms with Crippen molar-refractivity contribution in [1.29, 1.82) is 0 Å². The molecule has 1 aromatic heterocycles. The monoisotopic (exact) mass is 324 g/mol. The molecule has 124 valence electrons. The van der Waals surface area contributed by atoms with Crippen molar-refractivity contribution in [2.24, 2.45) is 0 Å². The lowest BCUT2D eigenvalue weighted by molar-refractivity contribution is -0.00806. The average Bonchev–Trinajstić information content (AvgIpc) is 2.92. The minimum atomic E-state index is -0.0114. The van der Waals surface area contributed by atoms with Gasteiger partial charge in [0, 0.05) is 6.54 Å². The molecule has 1 saturated heterocycles. The van der Waals surface area contributed by atoms with Gasteiger partial charge in [-0.05, 0) is 17.7 Å². The lowest BCUT2D eigenvalue weighted by atomic mass is 10.2. The molecule has 1 aliphatic heterocycles. The SMILES string of the molecule is c1ccc(CO[C@H]2COCCN(c3nc4ccccc4o3)C2)cc1. The molecule has 1 fully saturated rings. The van der Waals surface area contributed by atoms with E-state index < -0.39 is 0 Å². The van der Waals surface area contributed by atoms with E-state index >= 15 is 0 Å². The van der Waals surface area contributed by atoms with Crippen LogP contribution in [0.2, 0.25) is 0 Å². The molecule has 0 unspecified atom stereocenters. The van der Waals surface area contributed by atoms with Gasteiger partial charge in [-0.15, -0.1) is 0 Å². The van der Waals surface area contributed by atoms with Crippen LogP contribution in [0.5, 0.6) is 0 Å². The molecule has 24 heavy (non-hydrogen) atoms. The number of aromatic nitrogens is 1. The lowest BCUT2D eigenvalue weighted by Gasteiger charge is -2.22. The van der Waals surface area contributed by atoms with Crippen molar-refractivity contribution in [3.63, 3.8) is 0 Å². The minimum absolute atomic E-state index is 0.0114. The van der Waals surface area contributed by atoms with Crippen molar-refractivity contribution in [1.82, 2.24) is 4.98 Å². The molecule has 0 amide bonds. The summed E-state index contributed by atoms with van der Waals surface area (Å²) >= 11 is 0. The van der Waals surface area contributed by atoms with Crippen LogP contribution in [0.1, 0.15) is 5.56 Å². The van der Waals surface area contributed by atoms with Gasteiger partial charge in [-0.1, -0.05) is 42.5 Å². The Morgan fingerprint density at radius 1 is 1.08 bits per heavy atom. The van der Waals surface area contributed by atoms with Gasteiger partial charge in [-0.25, -0.2) is 0 Å². The quantitative estimate of drug-likeness (QED) is 0.737. The Labute approximate surface area is 140 Å². The Hall–Kier alpha value is -2.37. The first kappa shape index (κ1) is 15.2. The molecule has 2 heterocycles. The molecule has 1 aliphatic rings. The van der Waals surface area contributed by atoms with Crippen molar-refractivity contribution in [2.75, 3.05) is 31.2 Å². The second kappa shape index (κ2) is 7.03. The summed E-state index contributed by atoms with van der Waals surface area (Å²) in [6.45, 7) is 3.27. The summed E-state index contributed by atoms with van der Waals surface area (Å²) in [7, 11) is 0. The van der Waals surface area contributed by atoms with Crippen molar-refractivity contribution in [3.8, 4) is 0 Å². The third-order valence-electron chi connectivity index (χ3n) is 4.11. The van der Waals surface area contributed by atoms with Crippen LogP contribution in [0.4, 0.5) is 6.01 Å². The third-order valence-corrected chi connectivity index (χ3v) is 4.11. The van der Waals surface area contributed by atoms with E-state index in [1.165, 1.54) is 0 Å². The fourth-order valence-corrected chi connectivity index (χ4v) is 2.84. The van der Waals surface area contributed by atoms with Crippen LogP contribution in [-0.2, 0) is 16.1 Å². The number of rotatable bonds is 4. The zero-order valence-corrected chi connectivity index (χ0v) is 13.4. The van der Waals surface area contributed by atoms with Crippen molar-refractivity contribution in [2.45, 2.75) is 12.7 Å². The summed E-state index contributed by atoms with van der Waals surface area (Å²) < 4.78 is 17.6. The van der Waals surface area contributed by atoms with Gasteiger partial charge in [-0.2, -0.15) is 4.98 Å². The first-order chi connectivity index (χ1) is 11.9. The predicted octanol–water partition coefficient (Wildman–Crippen LogP) is 3.25. The molecule has 5 nitrogen and oxygen atoms in total. The zero-order valence-electron chi connectivity index (χ0n) is 13.4. The first-order valence-electron chi connectivity index (χ1n) is 8.22. The number of fused-ring (bicyclic) bond motifs is 1. The Balaban J connectivity index is 1.45. The second-order valence-corrected chi connectivity index (χ2v) is 5.90. The van der Waals surface area contributed by atoms with Crippen LogP contribution >= 0.6 is 0 Å². The molecule has 2 aromatic carbocycles. The standard InChI is InChI=1S/C19H20N2O3/c1-2-6-15(7-3-1)13-23-16-12-21(10-11-22-14-16)19-20-17-8-4-5-9-18(17)24-19/h1-9,16H,10-14H2/t16-/m1/s1. The van der Waals surface area contributed by atoms with E-state index in [2.05, 4.69) is 22.0 Å². The maximum atomic E-state index is 6.04. The van der Waals surface area contributed by atoms with Gasteiger partial charge in [0.25, 0.3) is 6.01 Å². The molecule has 3 aromatic rings. The van der Waals surface area contributed by atoms with Crippen molar-refractivity contribution >= 4 is 17.1 Å². The molecule has 0 radical (unpaired) electrons. The van der Waals surface area contributed by atoms with E-state index in [9.17, 15) is 0 Å². The highest BCUT2D eigenvalue weighted by molar-refractivity contribution is 5.74. The van der Waals surface area contributed by atoms with Crippen LogP contribution < -0.4 is 4.90 Å². The van der Waals surface area contributed by atoms with Gasteiger partial charge in [-0.3, -0.25) is 0 Å². The van der Waals surface area contributed by atoms with Gasteiger partial charge in [0.05, 0.1) is 32.5 Å². The molecular weight excluding hydrogens is 304 g/mol. The van der Waals surface area contributed by atoms with E-state index in [4.69, 9.17) is 13.9 Å². The Morgan fingerprint density at radius 3 is 2.79 bits per heavy atom. The maximum Gasteiger partial charge on any atom is 0.298 e. The van der Waals surface area contributed by atoms with Gasteiger partial charge >= 0.3 is 0 Å². The van der Waals surface area contributed by atoms with Crippen LogP contribution in [0.15, 0.2) is 59.0 Å². The average molecular weight is 324 g/mol. The summed E-state index contributed by atoms with van der Waals surface area (Å²) in [4.78, 5) is 6.68. The van der Waals surface area contributed by atoms with Crippen LogP contribution in [0.3, 0.4) is 0 Å². The van der Waals surface area contributed by atoms with Crippen molar-refractivity contribution in [3.05, 3.63) is 60.2 Å². The highest BCUT2D eigenvalue weighted by atomic mass is 16.5. The molecule has 0 aliphatic carbocycles. The number of para-hydroxylation sites is 2. The van der Waals surface area contributed by atoms with Crippen LogP contribution in [0, 0.1) is 0 Å². The van der Waals surface area contributed by atoms with Gasteiger partial charge in [0.2, 0.25) is 0 Å². The van der Waals surface area contributed by atoms with Crippen molar-refractivity contribution < 1.29 is 13.9 Å². The van der Waals surface area contributed by atoms with Crippen LogP contribution in [-0.4, -0.2) is 37.4 Å². The lowest BCUT2D eigenvalue weighted by Crippen LogP contribution is -2.34. The van der Waals surface area contributed by atoms with E-state index in [-0.39, 0.29) is 6.10 Å². The maximum absolute atomic E-state index is 6.04. The summed E-state index contributed by atoms with van der Waals surface area (Å²) in [5, 5.41) is 0. The number of hydrogen-bond acceptors (Lipinski definition) is 5. The Bertz CT molecular complexity index is 754. The molecule has 0 spiro atoms. The van der Waals surface area contributed by atoms with E-state index in [1.807, 2.05) is 42.5 Å². The van der Waals surface area contributed by atoms with E-state index in [0.29, 0.717) is 32.4 Å². The number of anilines is 1.